The molecular weight excluding hydrogens is 274 g/mol. The minimum Gasteiger partial charge on any atom is -0.332 e. The van der Waals surface area contributed by atoms with Gasteiger partial charge in [0.05, 0.1) is 12.2 Å². The molecular formula is C15H14ClN3O. The van der Waals surface area contributed by atoms with E-state index >= 15 is 0 Å². The van der Waals surface area contributed by atoms with Crippen molar-refractivity contribution < 1.29 is 4.79 Å². The molecule has 2 amide bonds. The van der Waals surface area contributed by atoms with E-state index in [4.69, 9.17) is 11.6 Å². The van der Waals surface area contributed by atoms with E-state index in [9.17, 15) is 4.79 Å². The molecule has 0 atom stereocenters. The first-order valence-electron chi connectivity index (χ1n) is 6.10. The lowest BCUT2D eigenvalue weighted by Crippen LogP contribution is -2.31. The standard InChI is InChI=1S/C15H14ClN3O/c16-13-6-4-12(5-7-13)8-10-18-15(20)19-11-14-3-1-2-9-17-14/h1-10H,11H2,(H2,18,19,20)/b10-8+. The molecule has 0 aliphatic heterocycles. The summed E-state index contributed by atoms with van der Waals surface area (Å²) in [5.41, 5.74) is 1.77. The van der Waals surface area contributed by atoms with Gasteiger partial charge < -0.3 is 10.6 Å². The molecule has 2 rings (SSSR count). The average Bonchev–Trinajstić information content (AvgIpc) is 2.48. The molecule has 1 heterocycles. The molecule has 0 aliphatic carbocycles. The molecule has 0 saturated heterocycles. The first kappa shape index (κ1) is 14.1. The van der Waals surface area contributed by atoms with Crippen molar-refractivity contribution in [3.63, 3.8) is 0 Å². The quantitative estimate of drug-likeness (QED) is 0.907. The average molecular weight is 288 g/mol. The van der Waals surface area contributed by atoms with E-state index in [2.05, 4.69) is 15.6 Å². The van der Waals surface area contributed by atoms with Crippen molar-refractivity contribution in [1.82, 2.24) is 15.6 Å². The summed E-state index contributed by atoms with van der Waals surface area (Å²) in [6.07, 6.45) is 5.06. The van der Waals surface area contributed by atoms with Gasteiger partial charge in [-0.3, -0.25) is 4.98 Å². The molecule has 102 valence electrons. The van der Waals surface area contributed by atoms with Crippen molar-refractivity contribution in [3.8, 4) is 0 Å². The van der Waals surface area contributed by atoms with Gasteiger partial charge in [-0.25, -0.2) is 4.79 Å². The van der Waals surface area contributed by atoms with Crippen molar-refractivity contribution in [2.75, 3.05) is 0 Å². The Balaban J connectivity index is 1.76. The summed E-state index contributed by atoms with van der Waals surface area (Å²) < 4.78 is 0. The van der Waals surface area contributed by atoms with Crippen molar-refractivity contribution in [2.45, 2.75) is 6.54 Å². The van der Waals surface area contributed by atoms with Gasteiger partial charge in [0.25, 0.3) is 0 Å². The molecule has 0 unspecified atom stereocenters. The molecule has 0 saturated carbocycles. The number of benzene rings is 1. The Morgan fingerprint density at radius 3 is 2.70 bits per heavy atom. The molecule has 0 fully saturated rings. The topological polar surface area (TPSA) is 54.0 Å². The van der Waals surface area contributed by atoms with Crippen LogP contribution in [0.15, 0.2) is 54.9 Å². The molecule has 0 spiro atoms. The molecule has 5 heteroatoms. The number of rotatable bonds is 4. The number of hydrogen-bond donors (Lipinski definition) is 2. The van der Waals surface area contributed by atoms with Gasteiger partial charge in [0.15, 0.2) is 0 Å². The molecule has 0 aliphatic rings. The van der Waals surface area contributed by atoms with Gasteiger partial charge in [0.2, 0.25) is 0 Å². The Morgan fingerprint density at radius 2 is 2.00 bits per heavy atom. The summed E-state index contributed by atoms with van der Waals surface area (Å²) in [6, 6.07) is 12.6. The number of hydrogen-bond acceptors (Lipinski definition) is 2. The lowest BCUT2D eigenvalue weighted by atomic mass is 10.2. The number of halogens is 1. The van der Waals surface area contributed by atoms with E-state index in [1.807, 2.05) is 30.3 Å². The smallest absolute Gasteiger partial charge is 0.319 e. The Hall–Kier alpha value is -2.33. The van der Waals surface area contributed by atoms with Gasteiger partial charge >= 0.3 is 6.03 Å². The van der Waals surface area contributed by atoms with Crippen molar-refractivity contribution in [1.29, 1.82) is 0 Å². The summed E-state index contributed by atoms with van der Waals surface area (Å²) >= 11 is 5.79. The van der Waals surface area contributed by atoms with E-state index in [1.165, 1.54) is 0 Å². The maximum atomic E-state index is 11.5. The van der Waals surface area contributed by atoms with Crippen LogP contribution < -0.4 is 10.6 Å². The van der Waals surface area contributed by atoms with Crippen molar-refractivity contribution >= 4 is 23.7 Å². The molecule has 1 aromatic carbocycles. The number of amides is 2. The molecule has 4 nitrogen and oxygen atoms in total. The fourth-order valence-corrected chi connectivity index (χ4v) is 1.64. The maximum Gasteiger partial charge on any atom is 0.319 e. The number of carbonyl (C=O) groups is 1. The molecule has 20 heavy (non-hydrogen) atoms. The van der Waals surface area contributed by atoms with Gasteiger partial charge in [-0.05, 0) is 35.9 Å². The van der Waals surface area contributed by atoms with E-state index in [0.717, 1.165) is 11.3 Å². The lowest BCUT2D eigenvalue weighted by Gasteiger charge is -2.03. The molecule has 2 aromatic rings. The van der Waals surface area contributed by atoms with Gasteiger partial charge in [-0.15, -0.1) is 0 Å². The summed E-state index contributed by atoms with van der Waals surface area (Å²) in [5.74, 6) is 0. The Labute approximate surface area is 122 Å². The van der Waals surface area contributed by atoms with Crippen LogP contribution in [0.2, 0.25) is 5.02 Å². The third-order valence-corrected chi connectivity index (χ3v) is 2.77. The number of nitrogens with zero attached hydrogens (tertiary/aromatic N) is 1. The summed E-state index contributed by atoms with van der Waals surface area (Å²) in [6.45, 7) is 0.390. The third kappa shape index (κ3) is 4.74. The molecule has 2 N–H and O–H groups in total. The zero-order valence-electron chi connectivity index (χ0n) is 10.7. The largest absolute Gasteiger partial charge is 0.332 e. The van der Waals surface area contributed by atoms with Crippen LogP contribution in [0.3, 0.4) is 0 Å². The number of carbonyl (C=O) groups excluding carboxylic acids is 1. The van der Waals surface area contributed by atoms with Gasteiger partial charge in [0.1, 0.15) is 0 Å². The van der Waals surface area contributed by atoms with Gasteiger partial charge in [-0.1, -0.05) is 29.8 Å². The van der Waals surface area contributed by atoms with Crippen LogP contribution in [0.25, 0.3) is 6.08 Å². The van der Waals surface area contributed by atoms with Crippen LogP contribution in [0.4, 0.5) is 4.79 Å². The van der Waals surface area contributed by atoms with Crippen molar-refractivity contribution in [2.24, 2.45) is 0 Å². The van der Waals surface area contributed by atoms with Crippen LogP contribution in [0.1, 0.15) is 11.3 Å². The predicted octanol–water partition coefficient (Wildman–Crippen LogP) is 3.21. The lowest BCUT2D eigenvalue weighted by molar-refractivity contribution is 0.243. The van der Waals surface area contributed by atoms with Crippen LogP contribution in [-0.2, 0) is 6.54 Å². The normalized spacial score (nSPS) is 10.4. The second kappa shape index (κ2) is 7.31. The summed E-state index contributed by atoms with van der Waals surface area (Å²) in [7, 11) is 0. The molecule has 0 radical (unpaired) electrons. The van der Waals surface area contributed by atoms with Crippen LogP contribution >= 0.6 is 11.6 Å². The molecule has 0 bridgehead atoms. The number of nitrogens with one attached hydrogen (secondary N) is 2. The zero-order chi connectivity index (χ0) is 14.2. The van der Waals surface area contributed by atoms with Crippen LogP contribution in [-0.4, -0.2) is 11.0 Å². The Bertz CT molecular complexity index is 582. The van der Waals surface area contributed by atoms with E-state index in [-0.39, 0.29) is 6.03 Å². The summed E-state index contributed by atoms with van der Waals surface area (Å²) in [5, 5.41) is 6.02. The predicted molar refractivity (Wildman–Crippen MR) is 80.1 cm³/mol. The van der Waals surface area contributed by atoms with E-state index in [1.54, 1.807) is 30.6 Å². The zero-order valence-corrected chi connectivity index (χ0v) is 11.5. The summed E-state index contributed by atoms with van der Waals surface area (Å²) in [4.78, 5) is 15.7. The highest BCUT2D eigenvalue weighted by Gasteiger charge is 1.97. The number of aromatic nitrogens is 1. The fraction of sp³-hybridized carbons (Fsp3) is 0.0667. The second-order valence-corrected chi connectivity index (χ2v) is 4.47. The first-order chi connectivity index (χ1) is 9.74. The van der Waals surface area contributed by atoms with Crippen LogP contribution in [0.5, 0.6) is 0 Å². The minimum atomic E-state index is -0.277. The number of urea groups is 1. The number of pyridine rings is 1. The first-order valence-corrected chi connectivity index (χ1v) is 6.48. The third-order valence-electron chi connectivity index (χ3n) is 2.52. The maximum absolute atomic E-state index is 11.5. The monoisotopic (exact) mass is 287 g/mol. The minimum absolute atomic E-state index is 0.277. The van der Waals surface area contributed by atoms with E-state index in [0.29, 0.717) is 11.6 Å². The SMILES string of the molecule is O=C(N/C=C/c1ccc(Cl)cc1)NCc1ccccn1. The second-order valence-electron chi connectivity index (χ2n) is 4.03. The van der Waals surface area contributed by atoms with Gasteiger partial charge in [-0.2, -0.15) is 0 Å². The fourth-order valence-electron chi connectivity index (χ4n) is 1.51. The van der Waals surface area contributed by atoms with E-state index < -0.39 is 0 Å². The highest BCUT2D eigenvalue weighted by molar-refractivity contribution is 6.30. The van der Waals surface area contributed by atoms with Gasteiger partial charge in [0, 0.05) is 17.4 Å². The Kier molecular flexibility index (Phi) is 5.15. The highest BCUT2D eigenvalue weighted by atomic mass is 35.5. The van der Waals surface area contributed by atoms with Crippen LogP contribution in [0, 0.1) is 0 Å². The molecule has 1 aromatic heterocycles. The Morgan fingerprint density at radius 1 is 1.20 bits per heavy atom. The van der Waals surface area contributed by atoms with Crippen molar-refractivity contribution in [3.05, 3.63) is 71.1 Å². The highest BCUT2D eigenvalue weighted by Crippen LogP contribution is 2.10.